The minimum Gasteiger partial charge on any atom is -0.378 e. The lowest BCUT2D eigenvalue weighted by atomic mass is 10.0. The fraction of sp³-hybridized carbons (Fsp3) is 0.286. The first kappa shape index (κ1) is 22.6. The van der Waals surface area contributed by atoms with Crippen LogP contribution in [0, 0.1) is 5.92 Å². The summed E-state index contributed by atoms with van der Waals surface area (Å²) in [7, 11) is 4.01. The maximum Gasteiger partial charge on any atom is 0.251 e. The Labute approximate surface area is 196 Å². The zero-order valence-electron chi connectivity index (χ0n) is 19.8. The summed E-state index contributed by atoms with van der Waals surface area (Å²) in [5.74, 6) is 0.0762. The zero-order valence-corrected chi connectivity index (χ0v) is 19.8. The van der Waals surface area contributed by atoms with E-state index >= 15 is 0 Å². The third-order valence-electron chi connectivity index (χ3n) is 6.12. The molecule has 0 saturated heterocycles. The van der Waals surface area contributed by atoms with Gasteiger partial charge in [0.05, 0.1) is 0 Å². The summed E-state index contributed by atoms with van der Waals surface area (Å²) in [6.45, 7) is 5.11. The number of hydrogen-bond donors (Lipinski definition) is 1. The predicted octanol–water partition coefficient (Wildman–Crippen LogP) is 4.89. The lowest BCUT2D eigenvalue weighted by Gasteiger charge is -2.19. The molecule has 0 fully saturated rings. The molecule has 1 aliphatic heterocycles. The van der Waals surface area contributed by atoms with Crippen LogP contribution in [0.25, 0.3) is 11.1 Å². The lowest BCUT2D eigenvalue weighted by molar-refractivity contribution is -0.121. The van der Waals surface area contributed by atoms with Crippen molar-refractivity contribution >= 4 is 23.2 Å². The van der Waals surface area contributed by atoms with Gasteiger partial charge in [0.1, 0.15) is 0 Å². The van der Waals surface area contributed by atoms with Crippen LogP contribution in [0.4, 0.5) is 11.4 Å². The molecule has 3 aromatic rings. The van der Waals surface area contributed by atoms with Crippen LogP contribution in [-0.2, 0) is 17.8 Å². The minimum atomic E-state index is -0.0879. The molecule has 3 aromatic carbocycles. The highest BCUT2D eigenvalue weighted by atomic mass is 16.2. The Kier molecular flexibility index (Phi) is 6.50. The maximum absolute atomic E-state index is 12.6. The maximum atomic E-state index is 12.6. The molecule has 1 heterocycles. The second kappa shape index (κ2) is 9.49. The Morgan fingerprint density at radius 3 is 2.24 bits per heavy atom. The summed E-state index contributed by atoms with van der Waals surface area (Å²) in [4.78, 5) is 29.0. The molecule has 5 heteroatoms. The number of carbonyl (C=O) groups excluding carboxylic acids is 2. The molecule has 0 unspecified atom stereocenters. The number of rotatable bonds is 6. The van der Waals surface area contributed by atoms with Crippen molar-refractivity contribution in [2.24, 2.45) is 5.92 Å². The van der Waals surface area contributed by atoms with E-state index in [9.17, 15) is 9.59 Å². The SMILES string of the molecule is CC(C)C(=O)N1CCc2cc(-c3ccc(C(=O)NCc4ccc(N(C)C)cc4)cc3)ccc21. The normalized spacial score (nSPS) is 12.6. The van der Waals surface area contributed by atoms with Crippen molar-refractivity contribution < 1.29 is 9.59 Å². The van der Waals surface area contributed by atoms with E-state index in [0.717, 1.165) is 41.0 Å². The zero-order chi connectivity index (χ0) is 23.5. The Bertz CT molecular complexity index is 1150. The molecule has 0 saturated carbocycles. The molecular formula is C28H31N3O2. The van der Waals surface area contributed by atoms with Gasteiger partial charge >= 0.3 is 0 Å². The number of nitrogens with zero attached hydrogens (tertiary/aromatic N) is 2. The van der Waals surface area contributed by atoms with Crippen LogP contribution in [0.1, 0.15) is 35.3 Å². The summed E-state index contributed by atoms with van der Waals surface area (Å²) in [6, 6.07) is 22.1. The molecule has 170 valence electrons. The van der Waals surface area contributed by atoms with Gasteiger partial charge in [-0.3, -0.25) is 9.59 Å². The van der Waals surface area contributed by atoms with Crippen LogP contribution in [0.5, 0.6) is 0 Å². The third-order valence-corrected chi connectivity index (χ3v) is 6.12. The summed E-state index contributed by atoms with van der Waals surface area (Å²) >= 11 is 0. The van der Waals surface area contributed by atoms with E-state index < -0.39 is 0 Å². The van der Waals surface area contributed by atoms with E-state index in [1.807, 2.05) is 92.3 Å². The summed E-state index contributed by atoms with van der Waals surface area (Å²) < 4.78 is 0. The number of fused-ring (bicyclic) bond motifs is 1. The average molecular weight is 442 g/mol. The smallest absolute Gasteiger partial charge is 0.251 e. The van der Waals surface area contributed by atoms with Gasteiger partial charge in [-0.15, -0.1) is 0 Å². The molecule has 33 heavy (non-hydrogen) atoms. The molecule has 0 spiro atoms. The van der Waals surface area contributed by atoms with Gasteiger partial charge in [0.25, 0.3) is 5.91 Å². The van der Waals surface area contributed by atoms with E-state index in [-0.39, 0.29) is 17.7 Å². The van der Waals surface area contributed by atoms with E-state index in [1.165, 1.54) is 5.56 Å². The van der Waals surface area contributed by atoms with E-state index in [1.54, 1.807) is 0 Å². The molecular weight excluding hydrogens is 410 g/mol. The van der Waals surface area contributed by atoms with Crippen molar-refractivity contribution in [2.45, 2.75) is 26.8 Å². The fourth-order valence-electron chi connectivity index (χ4n) is 4.13. The molecule has 2 amide bonds. The Balaban J connectivity index is 1.41. The second-order valence-corrected chi connectivity index (χ2v) is 9.06. The lowest BCUT2D eigenvalue weighted by Crippen LogP contribution is -2.32. The van der Waals surface area contributed by atoms with Crippen LogP contribution in [0.3, 0.4) is 0 Å². The summed E-state index contributed by atoms with van der Waals surface area (Å²) in [6.07, 6.45) is 0.873. The van der Waals surface area contributed by atoms with Gasteiger partial charge in [-0.2, -0.15) is 0 Å². The van der Waals surface area contributed by atoms with Gasteiger partial charge in [-0.1, -0.05) is 44.2 Å². The standard InChI is InChI=1S/C28H31N3O2/c1-19(2)28(33)31-16-15-24-17-23(11-14-26(24)31)21-7-9-22(10-8-21)27(32)29-18-20-5-12-25(13-6-20)30(3)4/h5-14,17,19H,15-16,18H2,1-4H3,(H,29,32). The van der Waals surface area contributed by atoms with Crippen LogP contribution >= 0.6 is 0 Å². The van der Waals surface area contributed by atoms with Gasteiger partial charge in [-0.05, 0) is 65.1 Å². The number of benzene rings is 3. The van der Waals surface area contributed by atoms with Crippen molar-refractivity contribution in [3.05, 3.63) is 83.4 Å². The number of amides is 2. The van der Waals surface area contributed by atoms with Crippen molar-refractivity contribution in [1.29, 1.82) is 0 Å². The van der Waals surface area contributed by atoms with E-state index in [4.69, 9.17) is 0 Å². The average Bonchev–Trinajstić information content (AvgIpc) is 3.25. The molecule has 4 rings (SSSR count). The molecule has 0 bridgehead atoms. The molecule has 0 aliphatic carbocycles. The first-order valence-corrected chi connectivity index (χ1v) is 11.4. The molecule has 1 N–H and O–H groups in total. The van der Waals surface area contributed by atoms with Gasteiger partial charge in [0, 0.05) is 50.0 Å². The topological polar surface area (TPSA) is 52.7 Å². The molecule has 5 nitrogen and oxygen atoms in total. The van der Waals surface area contributed by atoms with Crippen molar-refractivity contribution in [3.8, 4) is 11.1 Å². The van der Waals surface area contributed by atoms with Gasteiger partial charge in [-0.25, -0.2) is 0 Å². The first-order valence-electron chi connectivity index (χ1n) is 11.4. The van der Waals surface area contributed by atoms with Crippen molar-refractivity contribution in [3.63, 3.8) is 0 Å². The van der Waals surface area contributed by atoms with Crippen LogP contribution in [0.2, 0.25) is 0 Å². The monoisotopic (exact) mass is 441 g/mol. The van der Waals surface area contributed by atoms with Crippen molar-refractivity contribution in [2.75, 3.05) is 30.4 Å². The largest absolute Gasteiger partial charge is 0.378 e. The number of nitrogens with one attached hydrogen (secondary N) is 1. The predicted molar refractivity (Wildman–Crippen MR) is 135 cm³/mol. The number of hydrogen-bond acceptors (Lipinski definition) is 3. The molecule has 0 atom stereocenters. The molecule has 0 radical (unpaired) electrons. The summed E-state index contributed by atoms with van der Waals surface area (Å²) in [5.41, 5.74) is 7.21. The van der Waals surface area contributed by atoms with Crippen LogP contribution in [-0.4, -0.2) is 32.5 Å². The van der Waals surface area contributed by atoms with Crippen LogP contribution < -0.4 is 15.1 Å². The van der Waals surface area contributed by atoms with Gasteiger partial charge in [0.2, 0.25) is 5.91 Å². The quantitative estimate of drug-likeness (QED) is 0.592. The molecule has 1 aliphatic rings. The number of carbonyl (C=O) groups is 2. The van der Waals surface area contributed by atoms with E-state index in [2.05, 4.69) is 17.4 Å². The fourth-order valence-corrected chi connectivity index (χ4v) is 4.13. The second-order valence-electron chi connectivity index (χ2n) is 9.06. The molecule has 0 aromatic heterocycles. The van der Waals surface area contributed by atoms with Gasteiger partial charge < -0.3 is 15.1 Å². The third kappa shape index (κ3) is 4.92. The Hall–Kier alpha value is -3.60. The van der Waals surface area contributed by atoms with Gasteiger partial charge in [0.15, 0.2) is 0 Å². The Morgan fingerprint density at radius 2 is 1.61 bits per heavy atom. The highest BCUT2D eigenvalue weighted by Crippen LogP contribution is 2.33. The highest BCUT2D eigenvalue weighted by molar-refractivity contribution is 5.97. The first-order chi connectivity index (χ1) is 15.8. The highest BCUT2D eigenvalue weighted by Gasteiger charge is 2.26. The minimum absolute atomic E-state index is 0.00766. The number of anilines is 2. The van der Waals surface area contributed by atoms with E-state index in [0.29, 0.717) is 12.1 Å². The van der Waals surface area contributed by atoms with Crippen molar-refractivity contribution in [1.82, 2.24) is 5.32 Å². The summed E-state index contributed by atoms with van der Waals surface area (Å²) in [5, 5.41) is 2.99. The van der Waals surface area contributed by atoms with Crippen LogP contribution in [0.15, 0.2) is 66.7 Å². The Morgan fingerprint density at radius 1 is 0.939 bits per heavy atom.